The number of anilines is 2. The van der Waals surface area contributed by atoms with E-state index in [1.54, 1.807) is 0 Å². The molecular formula is C16H14ClN3O. The highest BCUT2D eigenvalue weighted by Crippen LogP contribution is 2.26. The molecule has 0 aliphatic carbocycles. The number of ether oxygens (including phenoxy) is 1. The normalized spacial score (nSPS) is 10.6. The first kappa shape index (κ1) is 13.6. The summed E-state index contributed by atoms with van der Waals surface area (Å²) in [4.78, 5) is 8.52. The van der Waals surface area contributed by atoms with Crippen LogP contribution in [0, 0.1) is 0 Å². The Morgan fingerprint density at radius 2 is 1.90 bits per heavy atom. The average molecular weight is 300 g/mol. The Kier molecular flexibility index (Phi) is 3.88. The predicted octanol–water partition coefficient (Wildman–Crippen LogP) is 4.43. The fourth-order valence-electron chi connectivity index (χ4n) is 2.07. The Labute approximate surface area is 127 Å². The van der Waals surface area contributed by atoms with E-state index in [2.05, 4.69) is 15.3 Å². The van der Waals surface area contributed by atoms with Crippen LogP contribution >= 0.6 is 11.6 Å². The highest BCUT2D eigenvalue weighted by atomic mass is 35.5. The third-order valence-corrected chi connectivity index (χ3v) is 3.26. The zero-order valence-electron chi connectivity index (χ0n) is 11.5. The van der Waals surface area contributed by atoms with E-state index in [-0.39, 0.29) is 0 Å². The minimum atomic E-state index is 0.657. The lowest BCUT2D eigenvalue weighted by atomic mass is 10.2. The number of halogens is 1. The Bertz CT molecular complexity index is 759. The fourth-order valence-corrected chi connectivity index (χ4v) is 2.23. The van der Waals surface area contributed by atoms with Gasteiger partial charge >= 0.3 is 0 Å². The molecule has 21 heavy (non-hydrogen) atoms. The highest BCUT2D eigenvalue weighted by Gasteiger charge is 2.04. The molecule has 0 bridgehead atoms. The number of hydrogen-bond acceptors (Lipinski definition) is 4. The van der Waals surface area contributed by atoms with Gasteiger partial charge in [0.05, 0.1) is 12.1 Å². The molecule has 1 aromatic heterocycles. The van der Waals surface area contributed by atoms with E-state index in [1.807, 2.05) is 49.4 Å². The molecule has 0 aliphatic heterocycles. The summed E-state index contributed by atoms with van der Waals surface area (Å²) in [6.45, 7) is 2.62. The van der Waals surface area contributed by atoms with Gasteiger partial charge in [0.25, 0.3) is 0 Å². The third kappa shape index (κ3) is 3.06. The molecule has 3 rings (SSSR count). The molecule has 0 aliphatic rings. The van der Waals surface area contributed by atoms with Gasteiger partial charge in [-0.3, -0.25) is 0 Å². The van der Waals surface area contributed by atoms with Gasteiger partial charge in [-0.05, 0) is 49.4 Å². The third-order valence-electron chi connectivity index (χ3n) is 3.03. The van der Waals surface area contributed by atoms with Gasteiger partial charge in [0.1, 0.15) is 17.9 Å². The molecule has 106 valence electrons. The molecule has 3 aromatic rings. The quantitative estimate of drug-likeness (QED) is 0.774. The zero-order chi connectivity index (χ0) is 14.7. The summed E-state index contributed by atoms with van der Waals surface area (Å²) in [5, 5.41) is 4.87. The molecule has 0 radical (unpaired) electrons. The largest absolute Gasteiger partial charge is 0.494 e. The van der Waals surface area contributed by atoms with Gasteiger partial charge in [-0.2, -0.15) is 0 Å². The van der Waals surface area contributed by atoms with Crippen LogP contribution in [-0.2, 0) is 0 Å². The standard InChI is InChI=1S/C16H14ClN3O/c1-2-21-13-6-4-12(5-7-13)20-16-14-8-3-11(17)9-15(14)18-10-19-16/h3-10H,2H2,1H3,(H,18,19,20). The molecule has 1 N–H and O–H groups in total. The molecule has 4 nitrogen and oxygen atoms in total. The van der Waals surface area contributed by atoms with Crippen LogP contribution in [0.4, 0.5) is 11.5 Å². The summed E-state index contributed by atoms with van der Waals surface area (Å²) in [5.74, 6) is 1.60. The van der Waals surface area contributed by atoms with Crippen molar-refractivity contribution in [1.82, 2.24) is 9.97 Å². The van der Waals surface area contributed by atoms with Gasteiger partial charge in [-0.25, -0.2) is 9.97 Å². The van der Waals surface area contributed by atoms with Crippen molar-refractivity contribution < 1.29 is 4.74 Å². The molecule has 0 atom stereocenters. The van der Waals surface area contributed by atoms with Crippen molar-refractivity contribution in [3.8, 4) is 5.75 Å². The Hall–Kier alpha value is -2.33. The topological polar surface area (TPSA) is 47.0 Å². The number of nitrogens with one attached hydrogen (secondary N) is 1. The molecule has 5 heteroatoms. The number of nitrogens with zero attached hydrogens (tertiary/aromatic N) is 2. The van der Waals surface area contributed by atoms with Crippen molar-refractivity contribution in [3.05, 3.63) is 53.8 Å². The summed E-state index contributed by atoms with van der Waals surface area (Å²) >= 11 is 5.98. The van der Waals surface area contributed by atoms with E-state index in [9.17, 15) is 0 Å². The van der Waals surface area contributed by atoms with Crippen LogP contribution in [0.1, 0.15) is 6.92 Å². The molecule has 0 amide bonds. The van der Waals surface area contributed by atoms with Crippen molar-refractivity contribution in [3.63, 3.8) is 0 Å². The van der Waals surface area contributed by atoms with E-state index in [4.69, 9.17) is 16.3 Å². The number of rotatable bonds is 4. The van der Waals surface area contributed by atoms with Crippen LogP contribution in [0.3, 0.4) is 0 Å². The second kappa shape index (κ2) is 5.97. The summed E-state index contributed by atoms with van der Waals surface area (Å²) in [7, 11) is 0. The maximum Gasteiger partial charge on any atom is 0.141 e. The van der Waals surface area contributed by atoms with E-state index in [0.29, 0.717) is 11.6 Å². The number of aromatic nitrogens is 2. The number of benzene rings is 2. The lowest BCUT2D eigenvalue weighted by Crippen LogP contribution is -1.96. The Balaban J connectivity index is 1.90. The Morgan fingerprint density at radius 3 is 2.67 bits per heavy atom. The van der Waals surface area contributed by atoms with Crippen molar-refractivity contribution in [1.29, 1.82) is 0 Å². The first-order chi connectivity index (χ1) is 10.3. The minimum absolute atomic E-state index is 0.657. The lowest BCUT2D eigenvalue weighted by molar-refractivity contribution is 0.340. The van der Waals surface area contributed by atoms with Crippen LogP contribution < -0.4 is 10.1 Å². The molecule has 0 saturated carbocycles. The van der Waals surface area contributed by atoms with Gasteiger partial charge in [0.15, 0.2) is 0 Å². The second-order valence-corrected chi connectivity index (χ2v) is 4.90. The molecule has 2 aromatic carbocycles. The minimum Gasteiger partial charge on any atom is -0.494 e. The molecule has 0 saturated heterocycles. The van der Waals surface area contributed by atoms with Crippen molar-refractivity contribution in [2.75, 3.05) is 11.9 Å². The van der Waals surface area contributed by atoms with Crippen molar-refractivity contribution >= 4 is 34.0 Å². The maximum atomic E-state index is 5.98. The summed E-state index contributed by atoms with van der Waals surface area (Å²) in [6.07, 6.45) is 1.52. The van der Waals surface area contributed by atoms with E-state index in [0.717, 1.165) is 28.2 Å². The van der Waals surface area contributed by atoms with Crippen LogP contribution in [-0.4, -0.2) is 16.6 Å². The van der Waals surface area contributed by atoms with Gasteiger partial charge < -0.3 is 10.1 Å². The second-order valence-electron chi connectivity index (χ2n) is 4.47. The van der Waals surface area contributed by atoms with Gasteiger partial charge in [-0.1, -0.05) is 11.6 Å². The summed E-state index contributed by atoms with van der Waals surface area (Å²) < 4.78 is 5.43. The Morgan fingerprint density at radius 1 is 1.10 bits per heavy atom. The molecule has 0 fully saturated rings. The van der Waals surface area contributed by atoms with Crippen molar-refractivity contribution in [2.45, 2.75) is 6.92 Å². The molecule has 1 heterocycles. The van der Waals surface area contributed by atoms with Crippen LogP contribution in [0.5, 0.6) is 5.75 Å². The predicted molar refractivity (Wildman–Crippen MR) is 85.4 cm³/mol. The van der Waals surface area contributed by atoms with Gasteiger partial charge in [0.2, 0.25) is 0 Å². The highest BCUT2D eigenvalue weighted by molar-refractivity contribution is 6.31. The van der Waals surface area contributed by atoms with Gasteiger partial charge in [-0.15, -0.1) is 0 Å². The fraction of sp³-hybridized carbons (Fsp3) is 0.125. The average Bonchev–Trinajstić information content (AvgIpc) is 2.49. The van der Waals surface area contributed by atoms with Crippen LogP contribution in [0.2, 0.25) is 5.02 Å². The molecule has 0 unspecified atom stereocenters. The number of hydrogen-bond donors (Lipinski definition) is 1. The summed E-state index contributed by atoms with van der Waals surface area (Å²) in [6, 6.07) is 13.3. The van der Waals surface area contributed by atoms with Gasteiger partial charge in [0, 0.05) is 16.1 Å². The maximum absolute atomic E-state index is 5.98. The first-order valence-corrected chi connectivity index (χ1v) is 7.04. The molecule has 0 spiro atoms. The van der Waals surface area contributed by atoms with E-state index in [1.165, 1.54) is 6.33 Å². The van der Waals surface area contributed by atoms with Crippen LogP contribution in [0.15, 0.2) is 48.8 Å². The van der Waals surface area contributed by atoms with E-state index < -0.39 is 0 Å². The first-order valence-electron chi connectivity index (χ1n) is 6.66. The summed E-state index contributed by atoms with van der Waals surface area (Å²) in [5.41, 5.74) is 1.75. The lowest BCUT2D eigenvalue weighted by Gasteiger charge is -2.09. The monoisotopic (exact) mass is 299 g/mol. The van der Waals surface area contributed by atoms with E-state index >= 15 is 0 Å². The smallest absolute Gasteiger partial charge is 0.141 e. The number of fused-ring (bicyclic) bond motifs is 1. The SMILES string of the molecule is CCOc1ccc(Nc2ncnc3cc(Cl)ccc23)cc1. The van der Waals surface area contributed by atoms with Crippen LogP contribution in [0.25, 0.3) is 10.9 Å². The zero-order valence-corrected chi connectivity index (χ0v) is 12.3. The molecular weight excluding hydrogens is 286 g/mol. The van der Waals surface area contributed by atoms with Crippen molar-refractivity contribution in [2.24, 2.45) is 0 Å².